The standard InChI is InChI=1S/C18H29N/c1-5-16-6-8-17(9-7-16)19-12-18-14(3)10-13(2)11-15(18)4/h10-11,16-17,19H,5-9,12H2,1-4H3. The summed E-state index contributed by atoms with van der Waals surface area (Å²) in [5.74, 6) is 0.987. The van der Waals surface area contributed by atoms with Crippen LogP contribution >= 0.6 is 0 Å². The zero-order valence-electron chi connectivity index (χ0n) is 13.1. The summed E-state index contributed by atoms with van der Waals surface area (Å²) in [6.45, 7) is 10.0. The van der Waals surface area contributed by atoms with Crippen molar-refractivity contribution >= 4 is 0 Å². The Bertz CT molecular complexity index is 391. The normalized spacial score (nSPS) is 23.6. The van der Waals surface area contributed by atoms with E-state index in [2.05, 4.69) is 45.1 Å². The van der Waals surface area contributed by atoms with Gasteiger partial charge in [0.05, 0.1) is 0 Å². The third kappa shape index (κ3) is 3.82. The van der Waals surface area contributed by atoms with Crippen LogP contribution in [0.2, 0.25) is 0 Å². The lowest BCUT2D eigenvalue weighted by atomic mass is 9.84. The van der Waals surface area contributed by atoms with Crippen molar-refractivity contribution in [3.63, 3.8) is 0 Å². The molecule has 1 heteroatoms. The van der Waals surface area contributed by atoms with Gasteiger partial charge >= 0.3 is 0 Å². The summed E-state index contributed by atoms with van der Waals surface area (Å²) in [5, 5.41) is 3.78. The number of aryl methyl sites for hydroxylation is 3. The average Bonchev–Trinajstić information content (AvgIpc) is 2.38. The molecule has 0 bridgehead atoms. The van der Waals surface area contributed by atoms with E-state index in [0.29, 0.717) is 0 Å². The molecule has 106 valence electrons. The second kappa shape index (κ2) is 6.56. The van der Waals surface area contributed by atoms with Gasteiger partial charge < -0.3 is 5.32 Å². The molecule has 2 rings (SSSR count). The molecule has 0 aliphatic heterocycles. The van der Waals surface area contributed by atoms with Gasteiger partial charge in [0.2, 0.25) is 0 Å². The van der Waals surface area contributed by atoms with E-state index in [1.807, 2.05) is 0 Å². The highest BCUT2D eigenvalue weighted by atomic mass is 14.9. The molecule has 19 heavy (non-hydrogen) atoms. The molecular weight excluding hydrogens is 230 g/mol. The van der Waals surface area contributed by atoms with Crippen LogP contribution in [-0.2, 0) is 6.54 Å². The molecule has 0 heterocycles. The number of hydrogen-bond acceptors (Lipinski definition) is 1. The SMILES string of the molecule is CCC1CCC(NCc2c(C)cc(C)cc2C)CC1. The smallest absolute Gasteiger partial charge is 0.0213 e. The first-order chi connectivity index (χ1) is 9.10. The molecule has 0 spiro atoms. The van der Waals surface area contributed by atoms with E-state index < -0.39 is 0 Å². The molecule has 1 aromatic carbocycles. The quantitative estimate of drug-likeness (QED) is 0.828. The van der Waals surface area contributed by atoms with Crippen LogP contribution in [0.1, 0.15) is 61.3 Å². The second-order valence-electron chi connectivity index (χ2n) is 6.38. The molecular formula is C18H29N. The van der Waals surface area contributed by atoms with Crippen molar-refractivity contribution < 1.29 is 0 Å². The van der Waals surface area contributed by atoms with Crippen LogP contribution in [0, 0.1) is 26.7 Å². The van der Waals surface area contributed by atoms with Gasteiger partial charge in [0.25, 0.3) is 0 Å². The minimum atomic E-state index is 0.739. The summed E-state index contributed by atoms with van der Waals surface area (Å²) < 4.78 is 0. The van der Waals surface area contributed by atoms with Crippen molar-refractivity contribution in [3.8, 4) is 0 Å². The number of benzene rings is 1. The van der Waals surface area contributed by atoms with Crippen molar-refractivity contribution in [1.82, 2.24) is 5.32 Å². The van der Waals surface area contributed by atoms with Gasteiger partial charge in [-0.1, -0.05) is 31.0 Å². The van der Waals surface area contributed by atoms with Gasteiger partial charge in [-0.2, -0.15) is 0 Å². The molecule has 1 N–H and O–H groups in total. The lowest BCUT2D eigenvalue weighted by Crippen LogP contribution is -2.33. The maximum atomic E-state index is 3.78. The van der Waals surface area contributed by atoms with Crippen molar-refractivity contribution in [2.75, 3.05) is 0 Å². The van der Waals surface area contributed by atoms with Gasteiger partial charge in [-0.15, -0.1) is 0 Å². The number of rotatable bonds is 4. The summed E-state index contributed by atoms with van der Waals surface area (Å²) in [6.07, 6.45) is 6.92. The molecule has 1 fully saturated rings. The zero-order chi connectivity index (χ0) is 13.8. The van der Waals surface area contributed by atoms with Crippen LogP contribution in [0.25, 0.3) is 0 Å². The molecule has 0 amide bonds. The summed E-state index contributed by atoms with van der Waals surface area (Å²) in [6, 6.07) is 5.35. The van der Waals surface area contributed by atoms with E-state index >= 15 is 0 Å². The van der Waals surface area contributed by atoms with Gasteiger partial charge in [0, 0.05) is 12.6 Å². The van der Waals surface area contributed by atoms with Crippen molar-refractivity contribution in [1.29, 1.82) is 0 Å². The van der Waals surface area contributed by atoms with Crippen LogP contribution in [0.3, 0.4) is 0 Å². The zero-order valence-corrected chi connectivity index (χ0v) is 13.1. The predicted molar refractivity (Wildman–Crippen MR) is 83.5 cm³/mol. The van der Waals surface area contributed by atoms with Crippen LogP contribution in [0.4, 0.5) is 0 Å². The first-order valence-corrected chi connectivity index (χ1v) is 7.90. The maximum absolute atomic E-state index is 3.78. The maximum Gasteiger partial charge on any atom is 0.0213 e. The third-order valence-electron chi connectivity index (χ3n) is 4.83. The molecule has 0 unspecified atom stereocenters. The topological polar surface area (TPSA) is 12.0 Å². The predicted octanol–water partition coefficient (Wildman–Crippen LogP) is 4.67. The summed E-state index contributed by atoms with van der Waals surface area (Å²) in [4.78, 5) is 0. The first kappa shape index (κ1) is 14.6. The lowest BCUT2D eigenvalue weighted by molar-refractivity contribution is 0.285. The Morgan fingerprint density at radius 2 is 1.58 bits per heavy atom. The summed E-state index contributed by atoms with van der Waals surface area (Å²) >= 11 is 0. The largest absolute Gasteiger partial charge is 0.310 e. The molecule has 1 aliphatic rings. The van der Waals surface area contributed by atoms with Gasteiger partial charge in [-0.25, -0.2) is 0 Å². The van der Waals surface area contributed by atoms with Crippen LogP contribution in [-0.4, -0.2) is 6.04 Å². The van der Waals surface area contributed by atoms with Gasteiger partial charge in [-0.05, 0) is 69.1 Å². The highest BCUT2D eigenvalue weighted by Crippen LogP contribution is 2.27. The fourth-order valence-electron chi connectivity index (χ4n) is 3.51. The Balaban J connectivity index is 1.89. The van der Waals surface area contributed by atoms with Gasteiger partial charge in [0.1, 0.15) is 0 Å². The van der Waals surface area contributed by atoms with Crippen LogP contribution in [0.5, 0.6) is 0 Å². The molecule has 0 radical (unpaired) electrons. The minimum Gasteiger partial charge on any atom is -0.310 e. The van der Waals surface area contributed by atoms with Crippen LogP contribution < -0.4 is 5.32 Å². The Labute approximate surface area is 118 Å². The molecule has 1 saturated carbocycles. The lowest BCUT2D eigenvalue weighted by Gasteiger charge is -2.29. The number of nitrogens with one attached hydrogen (secondary N) is 1. The van der Waals surface area contributed by atoms with Gasteiger partial charge in [-0.3, -0.25) is 0 Å². The average molecular weight is 259 g/mol. The van der Waals surface area contributed by atoms with Crippen molar-refractivity contribution in [2.24, 2.45) is 5.92 Å². The number of hydrogen-bond donors (Lipinski definition) is 1. The van der Waals surface area contributed by atoms with Crippen molar-refractivity contribution in [2.45, 2.75) is 72.4 Å². The third-order valence-corrected chi connectivity index (χ3v) is 4.83. The Morgan fingerprint density at radius 3 is 2.11 bits per heavy atom. The fraction of sp³-hybridized carbons (Fsp3) is 0.667. The summed E-state index contributed by atoms with van der Waals surface area (Å²) in [5.41, 5.74) is 5.75. The fourth-order valence-corrected chi connectivity index (χ4v) is 3.51. The Kier molecular flexibility index (Phi) is 5.04. The van der Waals surface area contributed by atoms with Crippen LogP contribution in [0.15, 0.2) is 12.1 Å². The molecule has 1 aromatic rings. The highest BCUT2D eigenvalue weighted by Gasteiger charge is 2.19. The van der Waals surface area contributed by atoms with Crippen molar-refractivity contribution in [3.05, 3.63) is 34.4 Å². The van der Waals surface area contributed by atoms with E-state index in [1.165, 1.54) is 54.4 Å². The monoisotopic (exact) mass is 259 g/mol. The Hall–Kier alpha value is -0.820. The Morgan fingerprint density at radius 1 is 1.00 bits per heavy atom. The molecule has 0 saturated heterocycles. The minimum absolute atomic E-state index is 0.739. The molecule has 1 nitrogen and oxygen atoms in total. The van der Waals surface area contributed by atoms with E-state index in [1.54, 1.807) is 0 Å². The summed E-state index contributed by atoms with van der Waals surface area (Å²) in [7, 11) is 0. The first-order valence-electron chi connectivity index (χ1n) is 7.90. The molecule has 0 atom stereocenters. The van der Waals surface area contributed by atoms with E-state index in [9.17, 15) is 0 Å². The van der Waals surface area contributed by atoms with E-state index in [4.69, 9.17) is 0 Å². The highest BCUT2D eigenvalue weighted by molar-refractivity contribution is 5.37. The van der Waals surface area contributed by atoms with E-state index in [0.717, 1.165) is 18.5 Å². The second-order valence-corrected chi connectivity index (χ2v) is 6.38. The molecule has 0 aromatic heterocycles. The van der Waals surface area contributed by atoms with E-state index in [-0.39, 0.29) is 0 Å². The molecule has 1 aliphatic carbocycles. The van der Waals surface area contributed by atoms with Gasteiger partial charge in [0.15, 0.2) is 0 Å².